The van der Waals surface area contributed by atoms with Gasteiger partial charge in [0, 0.05) is 24.1 Å². The predicted molar refractivity (Wildman–Crippen MR) is 120 cm³/mol. The first-order chi connectivity index (χ1) is 16.2. The number of carbonyl (C=O) groups is 1. The molecule has 10 nitrogen and oxygen atoms in total. The number of carbonyl (C=O) groups excluding carboxylic acids is 1. The van der Waals surface area contributed by atoms with Gasteiger partial charge in [-0.05, 0) is 43.3 Å². The molecule has 0 aliphatic rings. The van der Waals surface area contributed by atoms with E-state index < -0.39 is 0 Å². The Bertz CT molecular complexity index is 1390. The molecular weight excluding hydrogens is 420 g/mol. The van der Waals surface area contributed by atoms with Gasteiger partial charge < -0.3 is 10.1 Å². The average molecular weight is 438 g/mol. The number of nitrogens with zero attached hydrogens (tertiary/aromatic N) is 7. The highest BCUT2D eigenvalue weighted by molar-refractivity contribution is 6.02. The summed E-state index contributed by atoms with van der Waals surface area (Å²) in [6, 6.07) is 18.0. The van der Waals surface area contributed by atoms with Crippen LogP contribution in [0, 0.1) is 6.92 Å². The van der Waals surface area contributed by atoms with Gasteiger partial charge in [-0.1, -0.05) is 18.2 Å². The fraction of sp³-hybridized carbons (Fsp3) is 0.0435. The Morgan fingerprint density at radius 1 is 1.00 bits per heavy atom. The van der Waals surface area contributed by atoms with E-state index in [0.29, 0.717) is 23.1 Å². The van der Waals surface area contributed by atoms with Crippen molar-refractivity contribution in [3.05, 3.63) is 97.1 Å². The van der Waals surface area contributed by atoms with Crippen molar-refractivity contribution >= 4 is 11.6 Å². The van der Waals surface area contributed by atoms with Crippen LogP contribution in [0.1, 0.15) is 16.3 Å². The Kier molecular flexibility index (Phi) is 5.30. The standard InChI is InChI=1S/C23H18N8O2/c1-16-24-11-12-30(16)21-13-22(26-15-25-21)33-19-9-7-17(8-10-19)28-23(32)20-14-27-31(29-20)18-5-3-2-4-6-18/h2-15H,1H3,(H,28,32). The van der Waals surface area contributed by atoms with Gasteiger partial charge in [0.25, 0.3) is 5.91 Å². The van der Waals surface area contributed by atoms with Crippen molar-refractivity contribution < 1.29 is 9.53 Å². The van der Waals surface area contributed by atoms with Crippen molar-refractivity contribution in [2.24, 2.45) is 0 Å². The van der Waals surface area contributed by atoms with Gasteiger partial charge in [0.15, 0.2) is 5.69 Å². The summed E-state index contributed by atoms with van der Waals surface area (Å²) >= 11 is 0. The highest BCUT2D eigenvalue weighted by atomic mass is 16.5. The van der Waals surface area contributed by atoms with Gasteiger partial charge in [-0.3, -0.25) is 9.36 Å². The van der Waals surface area contributed by atoms with Crippen LogP contribution in [0.15, 0.2) is 85.6 Å². The smallest absolute Gasteiger partial charge is 0.277 e. The lowest BCUT2D eigenvalue weighted by Gasteiger charge is -2.08. The fourth-order valence-corrected chi connectivity index (χ4v) is 3.11. The Labute approximate surface area is 188 Å². The second kappa shape index (κ2) is 8.71. The minimum Gasteiger partial charge on any atom is -0.439 e. The number of aryl methyl sites for hydroxylation is 1. The van der Waals surface area contributed by atoms with Gasteiger partial charge in [-0.25, -0.2) is 15.0 Å². The molecule has 33 heavy (non-hydrogen) atoms. The maximum absolute atomic E-state index is 12.5. The Morgan fingerprint density at radius 2 is 1.82 bits per heavy atom. The molecule has 2 aromatic carbocycles. The molecule has 1 N–H and O–H groups in total. The molecule has 0 saturated heterocycles. The van der Waals surface area contributed by atoms with Crippen LogP contribution in [0.5, 0.6) is 11.6 Å². The number of para-hydroxylation sites is 1. The summed E-state index contributed by atoms with van der Waals surface area (Å²) in [5.41, 5.74) is 1.58. The zero-order valence-corrected chi connectivity index (χ0v) is 17.5. The first kappa shape index (κ1) is 20.1. The quantitative estimate of drug-likeness (QED) is 0.431. The Morgan fingerprint density at radius 3 is 2.58 bits per heavy atom. The summed E-state index contributed by atoms with van der Waals surface area (Å²) in [6.07, 6.45) is 6.38. The molecule has 10 heteroatoms. The minimum atomic E-state index is -0.359. The normalized spacial score (nSPS) is 10.7. The summed E-state index contributed by atoms with van der Waals surface area (Å²) < 4.78 is 7.67. The van der Waals surface area contributed by atoms with E-state index in [1.807, 2.05) is 48.0 Å². The van der Waals surface area contributed by atoms with E-state index in [4.69, 9.17) is 4.74 Å². The second-order valence-electron chi connectivity index (χ2n) is 6.99. The number of anilines is 1. The van der Waals surface area contributed by atoms with Crippen LogP contribution in [0.25, 0.3) is 11.5 Å². The molecule has 3 aromatic heterocycles. The van der Waals surface area contributed by atoms with E-state index in [9.17, 15) is 4.79 Å². The molecular formula is C23H18N8O2. The number of hydrogen-bond acceptors (Lipinski definition) is 7. The molecule has 0 aliphatic heterocycles. The lowest BCUT2D eigenvalue weighted by molar-refractivity contribution is 0.102. The van der Waals surface area contributed by atoms with Crippen molar-refractivity contribution in [3.63, 3.8) is 0 Å². The number of imidazole rings is 1. The number of benzene rings is 2. The molecule has 3 heterocycles. The molecule has 0 spiro atoms. The largest absolute Gasteiger partial charge is 0.439 e. The third-order valence-corrected chi connectivity index (χ3v) is 4.75. The molecule has 0 bridgehead atoms. The number of hydrogen-bond donors (Lipinski definition) is 1. The summed E-state index contributed by atoms with van der Waals surface area (Å²) in [4.78, 5) is 26.5. The van der Waals surface area contributed by atoms with Gasteiger partial charge in [0.2, 0.25) is 5.88 Å². The highest BCUT2D eigenvalue weighted by Gasteiger charge is 2.12. The third kappa shape index (κ3) is 4.44. The van der Waals surface area contributed by atoms with E-state index in [0.717, 1.165) is 11.5 Å². The summed E-state index contributed by atoms with van der Waals surface area (Å²) in [7, 11) is 0. The van der Waals surface area contributed by atoms with Gasteiger partial charge in [-0.15, -0.1) is 5.10 Å². The zero-order chi connectivity index (χ0) is 22.6. The van der Waals surface area contributed by atoms with Gasteiger partial charge in [-0.2, -0.15) is 9.90 Å². The number of rotatable bonds is 6. The van der Waals surface area contributed by atoms with E-state index >= 15 is 0 Å². The molecule has 0 fully saturated rings. The molecule has 0 saturated carbocycles. The van der Waals surface area contributed by atoms with E-state index in [1.54, 1.807) is 36.5 Å². The van der Waals surface area contributed by atoms with Crippen LogP contribution in [-0.2, 0) is 0 Å². The highest BCUT2D eigenvalue weighted by Crippen LogP contribution is 2.23. The SMILES string of the molecule is Cc1nccn1-c1cc(Oc2ccc(NC(=O)c3cnn(-c4ccccc4)n3)cc2)ncn1. The minimum absolute atomic E-state index is 0.211. The molecule has 0 unspecified atom stereocenters. The van der Waals surface area contributed by atoms with Crippen LogP contribution in [0.4, 0.5) is 5.69 Å². The van der Waals surface area contributed by atoms with Crippen molar-refractivity contribution in [1.82, 2.24) is 34.5 Å². The van der Waals surface area contributed by atoms with Crippen molar-refractivity contribution in [2.75, 3.05) is 5.32 Å². The summed E-state index contributed by atoms with van der Waals surface area (Å²) in [5, 5.41) is 11.2. The van der Waals surface area contributed by atoms with Crippen molar-refractivity contribution in [3.8, 4) is 23.1 Å². The first-order valence-corrected chi connectivity index (χ1v) is 10.1. The van der Waals surface area contributed by atoms with E-state index in [-0.39, 0.29) is 11.6 Å². The number of nitrogens with one attached hydrogen (secondary N) is 1. The lowest BCUT2D eigenvalue weighted by atomic mass is 10.3. The van der Waals surface area contributed by atoms with Crippen LogP contribution in [0.2, 0.25) is 0 Å². The molecule has 5 aromatic rings. The van der Waals surface area contributed by atoms with Gasteiger partial charge in [0.1, 0.15) is 23.7 Å². The molecule has 1 amide bonds. The Balaban J connectivity index is 1.25. The number of aromatic nitrogens is 7. The van der Waals surface area contributed by atoms with E-state index in [2.05, 4.69) is 30.5 Å². The fourth-order valence-electron chi connectivity index (χ4n) is 3.11. The maximum atomic E-state index is 12.5. The molecule has 5 rings (SSSR count). The van der Waals surface area contributed by atoms with Crippen LogP contribution >= 0.6 is 0 Å². The van der Waals surface area contributed by atoms with Gasteiger partial charge >= 0.3 is 0 Å². The van der Waals surface area contributed by atoms with Crippen molar-refractivity contribution in [1.29, 1.82) is 0 Å². The number of amides is 1. The first-order valence-electron chi connectivity index (χ1n) is 10.1. The van der Waals surface area contributed by atoms with Crippen LogP contribution in [0.3, 0.4) is 0 Å². The average Bonchev–Trinajstić information content (AvgIpc) is 3.51. The molecule has 162 valence electrons. The molecule has 0 aliphatic carbocycles. The third-order valence-electron chi connectivity index (χ3n) is 4.75. The maximum Gasteiger partial charge on any atom is 0.277 e. The Hall–Kier alpha value is -4.86. The van der Waals surface area contributed by atoms with Gasteiger partial charge in [0.05, 0.1) is 11.9 Å². The molecule has 0 radical (unpaired) electrons. The zero-order valence-electron chi connectivity index (χ0n) is 17.5. The monoisotopic (exact) mass is 438 g/mol. The topological polar surface area (TPSA) is 113 Å². The number of ether oxygens (including phenoxy) is 1. The summed E-state index contributed by atoms with van der Waals surface area (Å²) in [5.74, 6) is 2.06. The summed E-state index contributed by atoms with van der Waals surface area (Å²) in [6.45, 7) is 1.89. The molecule has 0 atom stereocenters. The second-order valence-corrected chi connectivity index (χ2v) is 6.99. The predicted octanol–water partition coefficient (Wildman–Crippen LogP) is 3.60. The van der Waals surface area contributed by atoms with E-state index in [1.165, 1.54) is 17.3 Å². The van der Waals surface area contributed by atoms with Crippen LogP contribution < -0.4 is 10.1 Å². The van der Waals surface area contributed by atoms with Crippen LogP contribution in [-0.4, -0.2) is 40.4 Å². The van der Waals surface area contributed by atoms with Crippen molar-refractivity contribution in [2.45, 2.75) is 6.92 Å². The lowest BCUT2D eigenvalue weighted by Crippen LogP contribution is -2.13.